The fourth-order valence-electron chi connectivity index (χ4n) is 10.2. The first-order valence-corrected chi connectivity index (χ1v) is 17.0. The molecule has 0 amide bonds. The summed E-state index contributed by atoms with van der Waals surface area (Å²) in [5, 5.41) is 0. The van der Waals surface area contributed by atoms with Gasteiger partial charge in [-0.05, 0) is 25.5 Å². The van der Waals surface area contributed by atoms with E-state index in [0.717, 1.165) is 54.1 Å². The monoisotopic (exact) mass is 511 g/mol. The number of hydrogen-bond acceptors (Lipinski definition) is 3. The Morgan fingerprint density at radius 3 is 1.92 bits per heavy atom. The highest BCUT2D eigenvalue weighted by Crippen LogP contribution is 2.63. The van der Waals surface area contributed by atoms with Crippen molar-refractivity contribution in [3.05, 3.63) is 29.8 Å². The van der Waals surface area contributed by atoms with Gasteiger partial charge < -0.3 is 0 Å². The molecule has 3 nitrogen and oxygen atoms in total. The lowest BCUT2D eigenvalue weighted by Gasteiger charge is -2.65. The Morgan fingerprint density at radius 1 is 0.833 bits per heavy atom. The van der Waals surface area contributed by atoms with Crippen LogP contribution < -0.4 is 0 Å². The van der Waals surface area contributed by atoms with E-state index in [1.807, 2.05) is 19.1 Å². The largest absolute Gasteiger partial charge is 0.296 e. The van der Waals surface area contributed by atoms with Crippen LogP contribution in [-0.4, -0.2) is 27.9 Å². The van der Waals surface area contributed by atoms with Crippen molar-refractivity contribution in [2.75, 3.05) is 6.61 Å². The van der Waals surface area contributed by atoms with Gasteiger partial charge in [-0.3, -0.25) is 4.18 Å². The molecular weight excluding hydrogens is 462 g/mol. The standard InChI is InChI=1S/C30H49B2O3S/c1-24-19-21-29(22-20-24)36(33,34)35-23-5-3-4-18-30(31-25-10-6-11-26(31)13-7-12-25)32(2)27-14-8-15-28(32)17-9-16-27/h19-22,25-28,30H,3-18,23H2,1-2H3/q-1. The van der Waals surface area contributed by atoms with Gasteiger partial charge in [0.1, 0.15) is 6.71 Å². The van der Waals surface area contributed by atoms with Crippen molar-refractivity contribution in [2.24, 2.45) is 0 Å². The zero-order valence-corrected chi connectivity index (χ0v) is 23.8. The van der Waals surface area contributed by atoms with Gasteiger partial charge in [-0.25, -0.2) is 0 Å². The maximum atomic E-state index is 12.5. The molecule has 0 radical (unpaired) electrons. The number of aryl methyl sites for hydroxylation is 1. The van der Waals surface area contributed by atoms with Crippen molar-refractivity contribution in [1.29, 1.82) is 0 Å². The lowest BCUT2D eigenvalue weighted by Crippen LogP contribution is -2.57. The minimum atomic E-state index is -3.64. The summed E-state index contributed by atoms with van der Waals surface area (Å²) in [6.07, 6.45) is 22.1. The first-order chi connectivity index (χ1) is 17.4. The molecule has 1 atom stereocenters. The Bertz CT molecular complexity index is 919. The lowest BCUT2D eigenvalue weighted by atomic mass is 8.96. The molecule has 1 unspecified atom stereocenters. The van der Waals surface area contributed by atoms with Crippen LogP contribution in [0.2, 0.25) is 35.8 Å². The minimum absolute atomic E-state index is 0.275. The average molecular weight is 511 g/mol. The van der Waals surface area contributed by atoms with E-state index in [0.29, 0.717) is 6.61 Å². The van der Waals surface area contributed by atoms with Gasteiger partial charge in [0, 0.05) is 6.15 Å². The van der Waals surface area contributed by atoms with Crippen LogP contribution in [0.3, 0.4) is 0 Å². The molecule has 6 heteroatoms. The van der Waals surface area contributed by atoms with E-state index in [4.69, 9.17) is 4.18 Å². The predicted molar refractivity (Wildman–Crippen MR) is 154 cm³/mol. The van der Waals surface area contributed by atoms with E-state index in [-0.39, 0.29) is 11.0 Å². The van der Waals surface area contributed by atoms with Gasteiger partial charge in [-0.2, -0.15) is 32.6 Å². The van der Waals surface area contributed by atoms with Gasteiger partial charge in [-0.15, -0.1) is 0 Å². The van der Waals surface area contributed by atoms with Crippen LogP contribution in [0.15, 0.2) is 29.2 Å². The fourth-order valence-corrected chi connectivity index (χ4v) is 11.1. The molecule has 4 fully saturated rings. The molecule has 4 aliphatic rings. The quantitative estimate of drug-likeness (QED) is 0.179. The molecule has 4 heterocycles. The van der Waals surface area contributed by atoms with Crippen LogP contribution >= 0.6 is 0 Å². The number of benzene rings is 1. The normalized spacial score (nSPS) is 33.3. The molecular formula is C30H49B2O3S-. The van der Waals surface area contributed by atoms with Crippen LogP contribution in [0.5, 0.6) is 0 Å². The second-order valence-electron chi connectivity index (χ2n) is 13.5. The average Bonchev–Trinajstić information content (AvgIpc) is 2.83. The van der Waals surface area contributed by atoms with E-state index >= 15 is 0 Å². The van der Waals surface area contributed by atoms with Gasteiger partial charge in [0.25, 0.3) is 10.1 Å². The van der Waals surface area contributed by atoms with Crippen LogP contribution in [0.25, 0.3) is 0 Å². The summed E-state index contributed by atoms with van der Waals surface area (Å²) in [4.78, 5) is 0.275. The summed E-state index contributed by atoms with van der Waals surface area (Å²) in [5.74, 6) is 4.00. The molecule has 5 rings (SSSR count). The second-order valence-corrected chi connectivity index (χ2v) is 15.1. The number of unbranched alkanes of at least 4 members (excludes halogenated alkanes) is 2. The summed E-state index contributed by atoms with van der Waals surface area (Å²) in [6, 6.07) is 6.97. The van der Waals surface area contributed by atoms with E-state index in [1.165, 1.54) is 89.9 Å². The third-order valence-electron chi connectivity index (χ3n) is 11.9. The maximum absolute atomic E-state index is 12.5. The van der Waals surface area contributed by atoms with Crippen LogP contribution in [0.4, 0.5) is 0 Å². The van der Waals surface area contributed by atoms with Crippen molar-refractivity contribution < 1.29 is 12.6 Å². The summed E-state index contributed by atoms with van der Waals surface area (Å²) < 4.78 is 30.5. The van der Waals surface area contributed by atoms with Crippen molar-refractivity contribution in [3.63, 3.8) is 0 Å². The van der Waals surface area contributed by atoms with E-state index in [1.54, 1.807) is 12.1 Å². The molecule has 36 heavy (non-hydrogen) atoms. The highest BCUT2D eigenvalue weighted by Gasteiger charge is 2.51. The van der Waals surface area contributed by atoms with E-state index in [9.17, 15) is 8.42 Å². The molecule has 0 spiro atoms. The van der Waals surface area contributed by atoms with Gasteiger partial charge in [0.05, 0.1) is 11.5 Å². The summed E-state index contributed by atoms with van der Waals surface area (Å²) in [5.41, 5.74) is 2.00. The summed E-state index contributed by atoms with van der Waals surface area (Å²) in [6.45, 7) is 6.06. The molecule has 4 bridgehead atoms. The van der Waals surface area contributed by atoms with E-state index < -0.39 is 10.1 Å². The molecule has 1 aromatic carbocycles. The van der Waals surface area contributed by atoms with E-state index in [2.05, 4.69) is 6.82 Å². The van der Waals surface area contributed by atoms with Crippen molar-refractivity contribution in [2.45, 2.75) is 150 Å². The first kappa shape index (κ1) is 26.9. The highest BCUT2D eigenvalue weighted by molar-refractivity contribution is 7.86. The third-order valence-corrected chi connectivity index (χ3v) is 13.2. The lowest BCUT2D eigenvalue weighted by molar-refractivity contribution is 0.306. The fraction of sp³-hybridized carbons (Fsp3) is 0.800. The zero-order valence-electron chi connectivity index (χ0n) is 23.0. The molecule has 0 aliphatic carbocycles. The number of rotatable bonds is 10. The molecule has 4 saturated heterocycles. The van der Waals surface area contributed by atoms with Crippen LogP contribution in [0, 0.1) is 6.92 Å². The Morgan fingerprint density at radius 2 is 1.36 bits per heavy atom. The molecule has 1 aromatic rings. The third kappa shape index (κ3) is 5.51. The Hall–Kier alpha value is -0.740. The maximum Gasteiger partial charge on any atom is 0.296 e. The Kier molecular flexibility index (Phi) is 8.62. The Labute approximate surface area is 222 Å². The smallest absolute Gasteiger partial charge is 0.266 e. The highest BCUT2D eigenvalue weighted by atomic mass is 32.2. The number of hydrogen-bond donors (Lipinski definition) is 0. The molecule has 0 saturated carbocycles. The zero-order chi connectivity index (χ0) is 25.2. The molecule has 4 aliphatic heterocycles. The predicted octanol–water partition coefficient (Wildman–Crippen LogP) is 8.96. The second kappa shape index (κ2) is 11.6. The van der Waals surface area contributed by atoms with Gasteiger partial charge in [0.2, 0.25) is 0 Å². The SMILES string of the molecule is Cc1ccc(S(=O)(=O)OCCCCCC(B2C3CCCC2CCC3)[B-]2(C)C3CCCC2CCC3)cc1. The summed E-state index contributed by atoms with van der Waals surface area (Å²) >= 11 is 0. The van der Waals surface area contributed by atoms with Crippen molar-refractivity contribution in [1.82, 2.24) is 0 Å². The van der Waals surface area contributed by atoms with Gasteiger partial charge in [0.15, 0.2) is 0 Å². The number of fused-ring (bicyclic) bond motifs is 4. The van der Waals surface area contributed by atoms with Crippen LogP contribution in [0.1, 0.15) is 108 Å². The first-order valence-electron chi connectivity index (χ1n) is 15.6. The molecule has 0 aromatic heterocycles. The topological polar surface area (TPSA) is 43.4 Å². The summed E-state index contributed by atoms with van der Waals surface area (Å²) in [7, 11) is -3.64. The molecule has 0 N–H and O–H groups in total. The van der Waals surface area contributed by atoms with Gasteiger partial charge >= 0.3 is 0 Å². The van der Waals surface area contributed by atoms with Gasteiger partial charge in [-0.1, -0.05) is 126 Å². The Balaban J connectivity index is 1.22. The van der Waals surface area contributed by atoms with Crippen LogP contribution in [-0.2, 0) is 14.3 Å². The van der Waals surface area contributed by atoms with Crippen molar-refractivity contribution in [3.8, 4) is 0 Å². The minimum Gasteiger partial charge on any atom is -0.266 e. The van der Waals surface area contributed by atoms with Crippen molar-refractivity contribution >= 4 is 23.0 Å². The molecule has 200 valence electrons.